The summed E-state index contributed by atoms with van der Waals surface area (Å²) in [7, 11) is 0. The van der Waals surface area contributed by atoms with Gasteiger partial charge in [0, 0.05) is 12.1 Å². The summed E-state index contributed by atoms with van der Waals surface area (Å²) < 4.78 is 0. The maximum atomic E-state index is 11.3. The molecule has 0 bridgehead atoms. The molecule has 14 heavy (non-hydrogen) atoms. The zero-order chi connectivity index (χ0) is 10.8. The summed E-state index contributed by atoms with van der Waals surface area (Å²) in [5.74, 6) is 0.0115. The zero-order valence-corrected chi connectivity index (χ0v) is 9.21. The van der Waals surface area contributed by atoms with Crippen LogP contribution >= 0.6 is 0 Å². The van der Waals surface area contributed by atoms with Crippen LogP contribution in [-0.2, 0) is 0 Å². The Balaban J connectivity index is 0.000000791. The van der Waals surface area contributed by atoms with Crippen LogP contribution in [0.4, 0.5) is 0 Å². The Bertz CT molecular complexity index is 244. The third kappa shape index (κ3) is 4.65. The third-order valence-electron chi connectivity index (χ3n) is 1.57. The highest BCUT2D eigenvalue weighted by Crippen LogP contribution is 1.97. The lowest BCUT2D eigenvalue weighted by atomic mass is 10.2. The van der Waals surface area contributed by atoms with E-state index in [1.54, 1.807) is 0 Å². The normalized spacial score (nSPS) is 8.50. The SMILES string of the molecule is CC.CCCNC(=O)c1ccccc1. The van der Waals surface area contributed by atoms with E-state index in [1.807, 2.05) is 51.1 Å². The fourth-order valence-corrected chi connectivity index (χ4v) is 0.930. The van der Waals surface area contributed by atoms with E-state index in [0.29, 0.717) is 0 Å². The van der Waals surface area contributed by atoms with Crippen molar-refractivity contribution in [1.82, 2.24) is 5.32 Å². The molecule has 0 aliphatic rings. The molecule has 0 saturated carbocycles. The van der Waals surface area contributed by atoms with Gasteiger partial charge in [0.05, 0.1) is 0 Å². The van der Waals surface area contributed by atoms with Crippen molar-refractivity contribution in [2.24, 2.45) is 0 Å². The summed E-state index contributed by atoms with van der Waals surface area (Å²) in [6.45, 7) is 6.78. The molecule has 0 heterocycles. The molecule has 0 unspecified atom stereocenters. The number of amides is 1. The average Bonchev–Trinajstić information content (AvgIpc) is 2.30. The molecule has 0 saturated heterocycles. The van der Waals surface area contributed by atoms with E-state index in [9.17, 15) is 4.79 Å². The van der Waals surface area contributed by atoms with E-state index in [2.05, 4.69) is 5.32 Å². The second kappa shape index (κ2) is 8.30. The van der Waals surface area contributed by atoms with Crippen LogP contribution in [0.15, 0.2) is 30.3 Å². The second-order valence-electron chi connectivity index (χ2n) is 2.62. The van der Waals surface area contributed by atoms with Crippen LogP contribution in [0.25, 0.3) is 0 Å². The first-order chi connectivity index (χ1) is 6.84. The molecule has 0 aliphatic carbocycles. The van der Waals surface area contributed by atoms with Gasteiger partial charge in [0.25, 0.3) is 5.91 Å². The number of hydrogen-bond donors (Lipinski definition) is 1. The fraction of sp³-hybridized carbons (Fsp3) is 0.417. The minimum Gasteiger partial charge on any atom is -0.352 e. The van der Waals surface area contributed by atoms with Crippen LogP contribution in [-0.4, -0.2) is 12.5 Å². The number of hydrogen-bond acceptors (Lipinski definition) is 1. The molecule has 1 N–H and O–H groups in total. The molecule has 0 aliphatic heterocycles. The van der Waals surface area contributed by atoms with E-state index >= 15 is 0 Å². The molecule has 1 amide bonds. The minimum absolute atomic E-state index is 0.0115. The number of carbonyl (C=O) groups is 1. The molecule has 0 radical (unpaired) electrons. The van der Waals surface area contributed by atoms with Crippen molar-refractivity contribution in [3.05, 3.63) is 35.9 Å². The molecule has 1 rings (SSSR count). The Labute approximate surface area is 86.3 Å². The topological polar surface area (TPSA) is 29.1 Å². The van der Waals surface area contributed by atoms with E-state index in [-0.39, 0.29) is 5.91 Å². The van der Waals surface area contributed by atoms with E-state index in [4.69, 9.17) is 0 Å². The fourth-order valence-electron chi connectivity index (χ4n) is 0.930. The molecule has 78 valence electrons. The van der Waals surface area contributed by atoms with Crippen LogP contribution in [0.2, 0.25) is 0 Å². The average molecular weight is 193 g/mol. The van der Waals surface area contributed by atoms with Gasteiger partial charge in [-0.05, 0) is 18.6 Å². The van der Waals surface area contributed by atoms with Crippen LogP contribution in [0.5, 0.6) is 0 Å². The number of nitrogens with one attached hydrogen (secondary N) is 1. The van der Waals surface area contributed by atoms with Gasteiger partial charge >= 0.3 is 0 Å². The summed E-state index contributed by atoms with van der Waals surface area (Å²) in [6.07, 6.45) is 0.971. The maximum Gasteiger partial charge on any atom is 0.251 e. The van der Waals surface area contributed by atoms with Crippen LogP contribution < -0.4 is 5.32 Å². The molecule has 2 heteroatoms. The molecule has 0 aromatic heterocycles. The van der Waals surface area contributed by atoms with Gasteiger partial charge in [-0.3, -0.25) is 4.79 Å². The summed E-state index contributed by atoms with van der Waals surface area (Å²) in [6, 6.07) is 9.24. The van der Waals surface area contributed by atoms with Gasteiger partial charge in [-0.15, -0.1) is 0 Å². The number of carbonyl (C=O) groups excluding carboxylic acids is 1. The van der Waals surface area contributed by atoms with E-state index < -0.39 is 0 Å². The second-order valence-corrected chi connectivity index (χ2v) is 2.62. The van der Waals surface area contributed by atoms with Crippen LogP contribution in [0, 0.1) is 0 Å². The zero-order valence-electron chi connectivity index (χ0n) is 9.21. The maximum absolute atomic E-state index is 11.3. The highest BCUT2D eigenvalue weighted by molar-refractivity contribution is 5.94. The lowest BCUT2D eigenvalue weighted by molar-refractivity contribution is 0.0953. The molecule has 2 nitrogen and oxygen atoms in total. The molecule has 1 aromatic carbocycles. The number of benzene rings is 1. The summed E-state index contributed by atoms with van der Waals surface area (Å²) >= 11 is 0. The third-order valence-corrected chi connectivity index (χ3v) is 1.57. The number of rotatable bonds is 3. The van der Waals surface area contributed by atoms with Crippen molar-refractivity contribution in [2.75, 3.05) is 6.54 Å². The van der Waals surface area contributed by atoms with Crippen LogP contribution in [0.3, 0.4) is 0 Å². The summed E-state index contributed by atoms with van der Waals surface area (Å²) in [5.41, 5.74) is 0.728. The Morgan fingerprint density at radius 1 is 1.21 bits per heavy atom. The molecular formula is C12H19NO. The molecular weight excluding hydrogens is 174 g/mol. The first-order valence-electron chi connectivity index (χ1n) is 5.18. The first kappa shape index (κ1) is 12.7. The smallest absolute Gasteiger partial charge is 0.251 e. The predicted molar refractivity (Wildman–Crippen MR) is 60.4 cm³/mol. The van der Waals surface area contributed by atoms with Gasteiger partial charge in [0.2, 0.25) is 0 Å². The Morgan fingerprint density at radius 3 is 2.29 bits per heavy atom. The van der Waals surface area contributed by atoms with Crippen LogP contribution in [0.1, 0.15) is 37.6 Å². The van der Waals surface area contributed by atoms with Gasteiger partial charge in [-0.1, -0.05) is 39.0 Å². The van der Waals surface area contributed by atoms with Crippen molar-refractivity contribution < 1.29 is 4.79 Å². The van der Waals surface area contributed by atoms with E-state index in [0.717, 1.165) is 18.5 Å². The molecule has 0 spiro atoms. The van der Waals surface area contributed by atoms with Crippen molar-refractivity contribution in [3.8, 4) is 0 Å². The van der Waals surface area contributed by atoms with Gasteiger partial charge in [-0.25, -0.2) is 0 Å². The Morgan fingerprint density at radius 2 is 1.79 bits per heavy atom. The largest absolute Gasteiger partial charge is 0.352 e. The molecule has 1 aromatic rings. The highest BCUT2D eigenvalue weighted by Gasteiger charge is 2.00. The van der Waals surface area contributed by atoms with Gasteiger partial charge in [-0.2, -0.15) is 0 Å². The summed E-state index contributed by atoms with van der Waals surface area (Å²) in [5, 5.41) is 2.81. The quantitative estimate of drug-likeness (QED) is 0.785. The standard InChI is InChI=1S/C10H13NO.C2H6/c1-2-8-11-10(12)9-6-4-3-5-7-9;1-2/h3-7H,2,8H2,1H3,(H,11,12);1-2H3. The predicted octanol–water partition coefficient (Wildman–Crippen LogP) is 2.85. The monoisotopic (exact) mass is 193 g/mol. The van der Waals surface area contributed by atoms with Gasteiger partial charge in [0.15, 0.2) is 0 Å². The Hall–Kier alpha value is -1.31. The van der Waals surface area contributed by atoms with Crippen molar-refractivity contribution >= 4 is 5.91 Å². The van der Waals surface area contributed by atoms with E-state index in [1.165, 1.54) is 0 Å². The van der Waals surface area contributed by atoms with Crippen molar-refractivity contribution in [2.45, 2.75) is 27.2 Å². The van der Waals surface area contributed by atoms with Crippen molar-refractivity contribution in [3.63, 3.8) is 0 Å². The molecule has 0 fully saturated rings. The minimum atomic E-state index is 0.0115. The molecule has 0 atom stereocenters. The Kier molecular flexibility index (Phi) is 7.52. The van der Waals surface area contributed by atoms with Crippen molar-refractivity contribution in [1.29, 1.82) is 0 Å². The lowest BCUT2D eigenvalue weighted by Crippen LogP contribution is -2.23. The van der Waals surface area contributed by atoms with Gasteiger partial charge < -0.3 is 5.32 Å². The summed E-state index contributed by atoms with van der Waals surface area (Å²) in [4.78, 5) is 11.3. The first-order valence-corrected chi connectivity index (χ1v) is 5.18. The highest BCUT2D eigenvalue weighted by atomic mass is 16.1. The van der Waals surface area contributed by atoms with Gasteiger partial charge in [0.1, 0.15) is 0 Å². The lowest BCUT2D eigenvalue weighted by Gasteiger charge is -2.01.